The zero-order valence-corrected chi connectivity index (χ0v) is 11.1. The molecule has 1 saturated carbocycles. The van der Waals surface area contributed by atoms with Crippen LogP contribution < -0.4 is 5.32 Å². The third-order valence-electron chi connectivity index (χ3n) is 3.99. The summed E-state index contributed by atoms with van der Waals surface area (Å²) in [5, 5.41) is 3.57. The second kappa shape index (κ2) is 6.97. The molecule has 0 radical (unpaired) electrons. The lowest BCUT2D eigenvalue weighted by atomic mass is 9.72. The predicted octanol–water partition coefficient (Wildman–Crippen LogP) is 3.45. The highest BCUT2D eigenvalue weighted by atomic mass is 14.9. The van der Waals surface area contributed by atoms with E-state index in [9.17, 15) is 0 Å². The van der Waals surface area contributed by atoms with Gasteiger partial charge in [-0.25, -0.2) is 0 Å². The van der Waals surface area contributed by atoms with Crippen LogP contribution in [0.5, 0.6) is 0 Å². The quantitative estimate of drug-likeness (QED) is 0.701. The molecule has 0 spiro atoms. The molecule has 0 amide bonds. The molecule has 0 aromatic heterocycles. The summed E-state index contributed by atoms with van der Waals surface area (Å²) >= 11 is 0. The molecule has 1 rings (SSSR count). The van der Waals surface area contributed by atoms with Crippen LogP contribution in [0.2, 0.25) is 0 Å². The van der Waals surface area contributed by atoms with Crippen LogP contribution in [-0.2, 0) is 0 Å². The summed E-state index contributed by atoms with van der Waals surface area (Å²) in [7, 11) is 0. The Bertz CT molecular complexity index is 226. The summed E-state index contributed by atoms with van der Waals surface area (Å²) in [6, 6.07) is 0.593. The van der Waals surface area contributed by atoms with E-state index >= 15 is 0 Å². The molecule has 0 aliphatic heterocycles. The average molecular weight is 221 g/mol. The highest BCUT2D eigenvalue weighted by Gasteiger charge is 2.28. The van der Waals surface area contributed by atoms with Crippen molar-refractivity contribution in [2.45, 2.75) is 58.9 Å². The van der Waals surface area contributed by atoms with Crippen LogP contribution in [-0.4, -0.2) is 12.6 Å². The largest absolute Gasteiger partial charge is 0.314 e. The number of nitrogens with one attached hydrogen (secondary N) is 1. The minimum absolute atomic E-state index is 0.593. The molecule has 0 aromatic rings. The Morgan fingerprint density at radius 3 is 2.62 bits per heavy atom. The molecule has 16 heavy (non-hydrogen) atoms. The zero-order valence-electron chi connectivity index (χ0n) is 11.1. The van der Waals surface area contributed by atoms with Crippen molar-refractivity contribution in [1.29, 1.82) is 0 Å². The predicted molar refractivity (Wildman–Crippen MR) is 71.2 cm³/mol. The van der Waals surface area contributed by atoms with Gasteiger partial charge < -0.3 is 5.32 Å². The maximum atomic E-state index is 5.49. The number of rotatable bonds is 5. The lowest BCUT2D eigenvalue weighted by Gasteiger charge is -2.35. The van der Waals surface area contributed by atoms with E-state index in [1.54, 1.807) is 0 Å². The van der Waals surface area contributed by atoms with Crippen LogP contribution in [0.1, 0.15) is 52.9 Å². The molecule has 3 atom stereocenters. The normalized spacial score (nSPS) is 30.3. The zero-order chi connectivity index (χ0) is 12.0. The lowest BCUT2D eigenvalue weighted by Crippen LogP contribution is -2.35. The molecule has 0 heterocycles. The third-order valence-corrected chi connectivity index (χ3v) is 3.99. The van der Waals surface area contributed by atoms with Crippen molar-refractivity contribution >= 4 is 0 Å². The molecule has 0 saturated heterocycles. The number of terminal acetylenes is 1. The molecule has 1 fully saturated rings. The van der Waals surface area contributed by atoms with Crippen molar-refractivity contribution in [2.75, 3.05) is 6.54 Å². The molecular weight excluding hydrogens is 194 g/mol. The van der Waals surface area contributed by atoms with Gasteiger partial charge in [-0.3, -0.25) is 0 Å². The van der Waals surface area contributed by atoms with Crippen molar-refractivity contribution < 1.29 is 0 Å². The minimum Gasteiger partial charge on any atom is -0.314 e. The molecule has 1 N–H and O–H groups in total. The van der Waals surface area contributed by atoms with Gasteiger partial charge in [-0.2, -0.15) is 0 Å². The Morgan fingerprint density at radius 1 is 1.31 bits per heavy atom. The Morgan fingerprint density at radius 2 is 2.06 bits per heavy atom. The van der Waals surface area contributed by atoms with Crippen molar-refractivity contribution in [3.05, 3.63) is 0 Å². The summed E-state index contributed by atoms with van der Waals surface area (Å²) in [5.74, 6) is 5.36. The minimum atomic E-state index is 0.593. The highest BCUT2D eigenvalue weighted by Crippen LogP contribution is 2.36. The fraction of sp³-hybridized carbons (Fsp3) is 0.867. The first-order valence-electron chi connectivity index (χ1n) is 6.84. The van der Waals surface area contributed by atoms with Crippen LogP contribution in [0, 0.1) is 30.1 Å². The van der Waals surface area contributed by atoms with E-state index in [1.165, 1.54) is 25.7 Å². The van der Waals surface area contributed by atoms with Gasteiger partial charge in [-0.15, -0.1) is 12.3 Å². The van der Waals surface area contributed by atoms with Crippen molar-refractivity contribution in [3.63, 3.8) is 0 Å². The molecule has 1 aliphatic carbocycles. The van der Waals surface area contributed by atoms with Gasteiger partial charge in [0.1, 0.15) is 0 Å². The van der Waals surface area contributed by atoms with E-state index in [4.69, 9.17) is 6.42 Å². The Hall–Kier alpha value is -0.480. The van der Waals surface area contributed by atoms with Gasteiger partial charge in [0.05, 0.1) is 0 Å². The van der Waals surface area contributed by atoms with Gasteiger partial charge in [0.2, 0.25) is 0 Å². The van der Waals surface area contributed by atoms with E-state index in [2.05, 4.69) is 32.0 Å². The van der Waals surface area contributed by atoms with Crippen LogP contribution in [0.25, 0.3) is 0 Å². The molecule has 0 bridgehead atoms. The first-order valence-corrected chi connectivity index (χ1v) is 6.84. The standard InChI is InChI=1S/C15H27N/c1-5-7-14-10-13(6-2)8-9-15(14)11-16-12(3)4/h1,12-16H,6-11H2,2-4H3. The van der Waals surface area contributed by atoms with E-state index in [0.717, 1.165) is 30.7 Å². The molecule has 1 nitrogen and oxygen atoms in total. The van der Waals surface area contributed by atoms with E-state index in [1.807, 2.05) is 0 Å². The number of hydrogen-bond donors (Lipinski definition) is 1. The van der Waals surface area contributed by atoms with E-state index < -0.39 is 0 Å². The van der Waals surface area contributed by atoms with E-state index in [-0.39, 0.29) is 0 Å². The number of hydrogen-bond acceptors (Lipinski definition) is 1. The Labute approximate surface area is 101 Å². The molecule has 92 valence electrons. The van der Waals surface area contributed by atoms with Gasteiger partial charge >= 0.3 is 0 Å². The van der Waals surface area contributed by atoms with Crippen LogP contribution in [0.3, 0.4) is 0 Å². The first kappa shape index (κ1) is 13.6. The topological polar surface area (TPSA) is 12.0 Å². The fourth-order valence-corrected chi connectivity index (χ4v) is 2.85. The fourth-order valence-electron chi connectivity index (χ4n) is 2.85. The van der Waals surface area contributed by atoms with Crippen LogP contribution in [0.4, 0.5) is 0 Å². The lowest BCUT2D eigenvalue weighted by molar-refractivity contribution is 0.173. The van der Waals surface area contributed by atoms with Crippen LogP contribution in [0.15, 0.2) is 0 Å². The first-order chi connectivity index (χ1) is 7.67. The summed E-state index contributed by atoms with van der Waals surface area (Å²) in [6.45, 7) is 7.90. The van der Waals surface area contributed by atoms with Crippen molar-refractivity contribution in [3.8, 4) is 12.3 Å². The molecule has 0 aromatic carbocycles. The van der Waals surface area contributed by atoms with Gasteiger partial charge in [-0.1, -0.05) is 33.6 Å². The van der Waals surface area contributed by atoms with Crippen molar-refractivity contribution in [1.82, 2.24) is 5.32 Å². The van der Waals surface area contributed by atoms with Crippen molar-refractivity contribution in [2.24, 2.45) is 17.8 Å². The summed E-state index contributed by atoms with van der Waals surface area (Å²) in [5.41, 5.74) is 0. The second-order valence-corrected chi connectivity index (χ2v) is 5.58. The summed E-state index contributed by atoms with van der Waals surface area (Å²) in [6.07, 6.45) is 11.9. The van der Waals surface area contributed by atoms with Gasteiger partial charge in [-0.05, 0) is 37.1 Å². The monoisotopic (exact) mass is 221 g/mol. The Balaban J connectivity index is 2.45. The summed E-state index contributed by atoms with van der Waals surface area (Å²) in [4.78, 5) is 0. The second-order valence-electron chi connectivity index (χ2n) is 5.58. The molecule has 3 unspecified atom stereocenters. The summed E-state index contributed by atoms with van der Waals surface area (Å²) < 4.78 is 0. The SMILES string of the molecule is C#CCC1CC(CC)CCC1CNC(C)C. The van der Waals surface area contributed by atoms with Gasteiger partial charge in [0, 0.05) is 12.5 Å². The van der Waals surface area contributed by atoms with Gasteiger partial charge in [0.15, 0.2) is 0 Å². The smallest absolute Gasteiger partial charge is 0.0118 e. The maximum Gasteiger partial charge on any atom is 0.0118 e. The highest BCUT2D eigenvalue weighted by molar-refractivity contribution is 4.92. The maximum absolute atomic E-state index is 5.49. The third kappa shape index (κ3) is 4.18. The van der Waals surface area contributed by atoms with E-state index in [0.29, 0.717) is 6.04 Å². The van der Waals surface area contributed by atoms with Crippen LogP contribution >= 0.6 is 0 Å². The van der Waals surface area contributed by atoms with Gasteiger partial charge in [0.25, 0.3) is 0 Å². The molecule has 1 heteroatoms. The average Bonchev–Trinajstić information content (AvgIpc) is 2.27. The Kier molecular flexibility index (Phi) is 5.91. The molecular formula is C15H27N. The molecule has 1 aliphatic rings.